The van der Waals surface area contributed by atoms with Crippen LogP contribution < -0.4 is 5.43 Å². The van der Waals surface area contributed by atoms with Crippen molar-refractivity contribution in [2.24, 2.45) is 5.10 Å². The van der Waals surface area contributed by atoms with Gasteiger partial charge in [-0.05, 0) is 38.0 Å². The minimum absolute atomic E-state index is 0.0565. The molecule has 1 aromatic heterocycles. The number of nitrogens with one attached hydrogen (secondary N) is 1. The van der Waals surface area contributed by atoms with E-state index in [4.69, 9.17) is 0 Å². The Balaban J connectivity index is 1.77. The zero-order valence-electron chi connectivity index (χ0n) is 15.9. The number of hydrogen-bond acceptors (Lipinski definition) is 7. The molecule has 1 aliphatic rings. The maximum atomic E-state index is 12.7. The molecule has 0 bridgehead atoms. The van der Waals surface area contributed by atoms with Gasteiger partial charge in [0.2, 0.25) is 10.0 Å². The number of hydrogen-bond donors (Lipinski definition) is 3. The highest BCUT2D eigenvalue weighted by Crippen LogP contribution is 2.23. The molecule has 0 saturated carbocycles. The van der Waals surface area contributed by atoms with Gasteiger partial charge in [0.1, 0.15) is 5.75 Å². The van der Waals surface area contributed by atoms with E-state index in [2.05, 4.69) is 15.5 Å². The van der Waals surface area contributed by atoms with Crippen LogP contribution in [-0.2, 0) is 16.6 Å². The predicted molar refractivity (Wildman–Crippen MR) is 106 cm³/mol. The number of hydrazone groups is 1. The molecule has 0 atom stereocenters. The van der Waals surface area contributed by atoms with Crippen molar-refractivity contribution >= 4 is 22.1 Å². The van der Waals surface area contributed by atoms with Crippen LogP contribution in [0.25, 0.3) is 0 Å². The quantitative estimate of drug-likeness (QED) is 0.476. The van der Waals surface area contributed by atoms with E-state index < -0.39 is 15.9 Å². The first-order valence-corrected chi connectivity index (χ1v) is 10.5. The van der Waals surface area contributed by atoms with Crippen molar-refractivity contribution in [2.75, 3.05) is 13.1 Å². The standard InChI is InChI=1S/C19H22N4O5S/c1-13-18(25)17(15(12-24)10-20-13)11-21-22-19(26)14-5-4-6-16(9-14)29(27,28)23-7-2-3-8-23/h4-6,9-11,24-25H,2-3,7-8,12H2,1H3,(H,22,26). The van der Waals surface area contributed by atoms with Crippen molar-refractivity contribution in [1.82, 2.24) is 14.7 Å². The van der Waals surface area contributed by atoms with Crippen LogP contribution in [0.4, 0.5) is 0 Å². The number of aromatic hydroxyl groups is 1. The van der Waals surface area contributed by atoms with E-state index in [0.717, 1.165) is 12.8 Å². The van der Waals surface area contributed by atoms with Crippen molar-refractivity contribution in [3.8, 4) is 5.75 Å². The highest BCUT2D eigenvalue weighted by molar-refractivity contribution is 7.89. The number of carbonyl (C=O) groups excluding carboxylic acids is 1. The molecule has 1 fully saturated rings. The zero-order valence-corrected chi connectivity index (χ0v) is 16.7. The van der Waals surface area contributed by atoms with E-state index in [1.165, 1.54) is 41.0 Å². The highest BCUT2D eigenvalue weighted by atomic mass is 32.2. The summed E-state index contributed by atoms with van der Waals surface area (Å²) < 4.78 is 26.7. The van der Waals surface area contributed by atoms with Crippen molar-refractivity contribution in [1.29, 1.82) is 0 Å². The molecule has 3 N–H and O–H groups in total. The maximum Gasteiger partial charge on any atom is 0.271 e. The molecule has 0 aliphatic carbocycles. The SMILES string of the molecule is Cc1ncc(CO)c(C=NNC(=O)c2cccc(S(=O)(=O)N3CCCC3)c2)c1O. The fourth-order valence-corrected chi connectivity index (χ4v) is 4.58. The second kappa shape index (κ2) is 8.68. The summed E-state index contributed by atoms with van der Waals surface area (Å²) in [6, 6.07) is 5.76. The Labute approximate surface area is 168 Å². The van der Waals surface area contributed by atoms with Crippen molar-refractivity contribution < 1.29 is 23.4 Å². The number of aromatic nitrogens is 1. The fraction of sp³-hybridized carbons (Fsp3) is 0.316. The first kappa shape index (κ1) is 20.9. The number of nitrogens with zero attached hydrogens (tertiary/aromatic N) is 3. The number of sulfonamides is 1. The van der Waals surface area contributed by atoms with Crippen LogP contribution in [0.15, 0.2) is 40.5 Å². The van der Waals surface area contributed by atoms with Gasteiger partial charge >= 0.3 is 0 Å². The van der Waals surface area contributed by atoms with Gasteiger partial charge in [0.15, 0.2) is 0 Å². The average molecular weight is 418 g/mol. The average Bonchev–Trinajstić information content (AvgIpc) is 3.27. The monoisotopic (exact) mass is 418 g/mol. The lowest BCUT2D eigenvalue weighted by Crippen LogP contribution is -2.28. The number of aliphatic hydroxyl groups is 1. The summed E-state index contributed by atoms with van der Waals surface area (Å²) >= 11 is 0. The summed E-state index contributed by atoms with van der Waals surface area (Å²) in [6.07, 6.45) is 4.26. The Morgan fingerprint density at radius 1 is 1.34 bits per heavy atom. The minimum Gasteiger partial charge on any atom is -0.505 e. The lowest BCUT2D eigenvalue weighted by molar-refractivity contribution is 0.0955. The van der Waals surface area contributed by atoms with E-state index >= 15 is 0 Å². The van der Waals surface area contributed by atoms with Gasteiger partial charge in [-0.25, -0.2) is 13.8 Å². The number of rotatable bonds is 6. The summed E-state index contributed by atoms with van der Waals surface area (Å²) in [5.41, 5.74) is 3.39. The topological polar surface area (TPSA) is 132 Å². The third-order valence-corrected chi connectivity index (χ3v) is 6.58. The third-order valence-electron chi connectivity index (χ3n) is 4.69. The molecule has 0 spiro atoms. The summed E-state index contributed by atoms with van der Waals surface area (Å²) in [6.45, 7) is 2.20. The van der Waals surface area contributed by atoms with Gasteiger partial charge in [-0.15, -0.1) is 0 Å². The Hall–Kier alpha value is -2.82. The molecule has 0 unspecified atom stereocenters. The highest BCUT2D eigenvalue weighted by Gasteiger charge is 2.27. The second-order valence-corrected chi connectivity index (χ2v) is 8.57. The molecule has 1 amide bonds. The van der Waals surface area contributed by atoms with Crippen molar-refractivity contribution in [3.63, 3.8) is 0 Å². The minimum atomic E-state index is -3.63. The molecule has 3 rings (SSSR count). The van der Waals surface area contributed by atoms with Gasteiger partial charge < -0.3 is 10.2 Å². The summed E-state index contributed by atoms with van der Waals surface area (Å²) in [5.74, 6) is -0.746. The Bertz CT molecular complexity index is 1050. The van der Waals surface area contributed by atoms with Gasteiger partial charge in [-0.3, -0.25) is 9.78 Å². The molecule has 154 valence electrons. The van der Waals surface area contributed by atoms with Crippen LogP contribution >= 0.6 is 0 Å². The van der Waals surface area contributed by atoms with Crippen LogP contribution in [0.2, 0.25) is 0 Å². The molecule has 0 radical (unpaired) electrons. The zero-order chi connectivity index (χ0) is 21.0. The molecule has 1 saturated heterocycles. The summed E-state index contributed by atoms with van der Waals surface area (Å²) in [5, 5.41) is 23.2. The fourth-order valence-electron chi connectivity index (χ4n) is 3.02. The van der Waals surface area contributed by atoms with Crippen LogP contribution in [0.1, 0.15) is 40.0 Å². The van der Waals surface area contributed by atoms with Crippen LogP contribution in [0.3, 0.4) is 0 Å². The second-order valence-electron chi connectivity index (χ2n) is 6.63. The number of aryl methyl sites for hydroxylation is 1. The molecule has 1 aromatic carbocycles. The Morgan fingerprint density at radius 3 is 2.76 bits per heavy atom. The predicted octanol–water partition coefficient (Wildman–Crippen LogP) is 1.14. The maximum absolute atomic E-state index is 12.7. The summed E-state index contributed by atoms with van der Waals surface area (Å²) in [7, 11) is -3.63. The molecule has 9 nitrogen and oxygen atoms in total. The van der Waals surface area contributed by atoms with Gasteiger partial charge in [-0.2, -0.15) is 9.41 Å². The Morgan fingerprint density at radius 2 is 2.07 bits per heavy atom. The number of carbonyl (C=O) groups is 1. The smallest absolute Gasteiger partial charge is 0.271 e. The third kappa shape index (κ3) is 4.44. The normalized spacial score (nSPS) is 15.1. The first-order chi connectivity index (χ1) is 13.8. The molecule has 2 heterocycles. The summed E-state index contributed by atoms with van der Waals surface area (Å²) in [4.78, 5) is 16.4. The number of benzene rings is 1. The van der Waals surface area contributed by atoms with Gasteiger partial charge in [-0.1, -0.05) is 6.07 Å². The van der Waals surface area contributed by atoms with Crippen molar-refractivity contribution in [2.45, 2.75) is 31.3 Å². The van der Waals surface area contributed by atoms with E-state index in [1.807, 2.05) is 0 Å². The van der Waals surface area contributed by atoms with Gasteiger partial charge in [0.05, 0.1) is 23.4 Å². The first-order valence-electron chi connectivity index (χ1n) is 9.06. The van der Waals surface area contributed by atoms with Crippen LogP contribution in [0, 0.1) is 6.92 Å². The largest absolute Gasteiger partial charge is 0.505 e. The molecule has 2 aromatic rings. The van der Waals surface area contributed by atoms with Crippen LogP contribution in [-0.4, -0.2) is 53.1 Å². The lowest BCUT2D eigenvalue weighted by atomic mass is 10.1. The van der Waals surface area contributed by atoms with Gasteiger partial charge in [0.25, 0.3) is 5.91 Å². The number of pyridine rings is 1. The van der Waals surface area contributed by atoms with E-state index in [1.54, 1.807) is 6.92 Å². The molecule has 1 aliphatic heterocycles. The van der Waals surface area contributed by atoms with Crippen molar-refractivity contribution in [3.05, 3.63) is 52.8 Å². The lowest BCUT2D eigenvalue weighted by Gasteiger charge is -2.15. The van der Waals surface area contributed by atoms with E-state index in [-0.39, 0.29) is 28.4 Å². The molecular weight excluding hydrogens is 396 g/mol. The molecule has 10 heteroatoms. The van der Waals surface area contributed by atoms with Crippen LogP contribution in [0.5, 0.6) is 5.75 Å². The van der Waals surface area contributed by atoms with E-state index in [9.17, 15) is 23.4 Å². The molecular formula is C19H22N4O5S. The Kier molecular flexibility index (Phi) is 6.26. The number of amides is 1. The molecule has 29 heavy (non-hydrogen) atoms. The number of aliphatic hydroxyl groups excluding tert-OH is 1. The van der Waals surface area contributed by atoms with E-state index in [0.29, 0.717) is 24.3 Å². The van der Waals surface area contributed by atoms with Gasteiger partial charge in [0, 0.05) is 36.0 Å².